The number of amides is 1. The molecule has 3 nitrogen and oxygen atoms in total. The molecular weight excluding hydrogens is 283 g/mol. The summed E-state index contributed by atoms with van der Waals surface area (Å²) in [6.07, 6.45) is 3.42. The fourth-order valence-electron chi connectivity index (χ4n) is 1.85. The van der Waals surface area contributed by atoms with Gasteiger partial charge in [-0.25, -0.2) is 0 Å². The van der Waals surface area contributed by atoms with Gasteiger partial charge < -0.3 is 10.6 Å². The molecule has 1 aromatic rings. The lowest BCUT2D eigenvalue weighted by atomic mass is 10.1. The molecule has 0 aliphatic heterocycles. The van der Waals surface area contributed by atoms with Crippen molar-refractivity contribution >= 4 is 29.1 Å². The van der Waals surface area contributed by atoms with Crippen LogP contribution in [0.4, 0.5) is 0 Å². The summed E-state index contributed by atoms with van der Waals surface area (Å²) < 4.78 is 0. The van der Waals surface area contributed by atoms with Crippen LogP contribution in [0.3, 0.4) is 0 Å². The molecule has 19 heavy (non-hydrogen) atoms. The summed E-state index contributed by atoms with van der Waals surface area (Å²) in [7, 11) is 1.79. The zero-order valence-electron chi connectivity index (χ0n) is 11.2. The van der Waals surface area contributed by atoms with Crippen molar-refractivity contribution in [2.24, 2.45) is 5.73 Å². The van der Waals surface area contributed by atoms with E-state index in [1.165, 1.54) is 0 Å². The van der Waals surface area contributed by atoms with E-state index in [9.17, 15) is 4.79 Å². The third-order valence-corrected chi connectivity index (χ3v) is 3.30. The highest BCUT2D eigenvalue weighted by Gasteiger charge is 2.09. The van der Waals surface area contributed by atoms with Gasteiger partial charge in [-0.1, -0.05) is 29.6 Å². The Balaban J connectivity index is 2.44. The van der Waals surface area contributed by atoms with Crippen LogP contribution in [0.1, 0.15) is 31.2 Å². The lowest BCUT2D eigenvalue weighted by molar-refractivity contribution is -0.130. The molecule has 0 saturated carbocycles. The van der Waals surface area contributed by atoms with Gasteiger partial charge in [0, 0.05) is 30.1 Å². The van der Waals surface area contributed by atoms with Crippen molar-refractivity contribution in [1.82, 2.24) is 4.90 Å². The van der Waals surface area contributed by atoms with E-state index in [2.05, 4.69) is 0 Å². The SMILES string of the molecule is CN(Cc1cc(Cl)cc(Cl)c1)C(=O)CCCCCN. The van der Waals surface area contributed by atoms with Crippen molar-refractivity contribution in [3.63, 3.8) is 0 Å². The molecule has 0 atom stereocenters. The van der Waals surface area contributed by atoms with Gasteiger partial charge in [0.1, 0.15) is 0 Å². The van der Waals surface area contributed by atoms with Crippen molar-refractivity contribution in [3.05, 3.63) is 33.8 Å². The molecular formula is C14H20Cl2N2O. The van der Waals surface area contributed by atoms with Crippen molar-refractivity contribution in [3.8, 4) is 0 Å². The molecule has 2 N–H and O–H groups in total. The number of halogens is 2. The van der Waals surface area contributed by atoms with E-state index in [1.54, 1.807) is 18.0 Å². The van der Waals surface area contributed by atoms with Crippen LogP contribution >= 0.6 is 23.2 Å². The second-order valence-corrected chi connectivity index (χ2v) is 5.50. The number of nitrogens with zero attached hydrogens (tertiary/aromatic N) is 1. The van der Waals surface area contributed by atoms with Gasteiger partial charge >= 0.3 is 0 Å². The highest BCUT2D eigenvalue weighted by molar-refractivity contribution is 6.34. The molecule has 0 aliphatic rings. The lowest BCUT2D eigenvalue weighted by Gasteiger charge is -2.17. The van der Waals surface area contributed by atoms with Gasteiger partial charge in [-0.3, -0.25) is 4.79 Å². The average Bonchev–Trinajstić information content (AvgIpc) is 2.33. The minimum Gasteiger partial charge on any atom is -0.341 e. The first-order valence-electron chi connectivity index (χ1n) is 6.42. The van der Waals surface area contributed by atoms with E-state index in [0.29, 0.717) is 29.6 Å². The van der Waals surface area contributed by atoms with Crippen LogP contribution in [-0.4, -0.2) is 24.4 Å². The van der Waals surface area contributed by atoms with Crippen LogP contribution in [-0.2, 0) is 11.3 Å². The first kappa shape index (κ1) is 16.3. The van der Waals surface area contributed by atoms with Gasteiger partial charge in [0.05, 0.1) is 0 Å². The summed E-state index contributed by atoms with van der Waals surface area (Å²) in [4.78, 5) is 13.6. The number of benzene rings is 1. The smallest absolute Gasteiger partial charge is 0.222 e. The van der Waals surface area contributed by atoms with E-state index in [4.69, 9.17) is 28.9 Å². The van der Waals surface area contributed by atoms with Gasteiger partial charge in [-0.2, -0.15) is 0 Å². The Morgan fingerprint density at radius 1 is 1.16 bits per heavy atom. The van der Waals surface area contributed by atoms with E-state index < -0.39 is 0 Å². The number of hydrogen-bond donors (Lipinski definition) is 1. The normalized spacial score (nSPS) is 10.5. The Bertz CT molecular complexity index is 404. The summed E-state index contributed by atoms with van der Waals surface area (Å²) in [5, 5.41) is 1.18. The van der Waals surface area contributed by atoms with Crippen molar-refractivity contribution in [2.75, 3.05) is 13.6 Å². The van der Waals surface area contributed by atoms with Crippen LogP contribution in [0.5, 0.6) is 0 Å². The zero-order valence-corrected chi connectivity index (χ0v) is 12.7. The Morgan fingerprint density at radius 2 is 1.79 bits per heavy atom. The maximum Gasteiger partial charge on any atom is 0.222 e. The van der Waals surface area contributed by atoms with E-state index in [0.717, 1.165) is 24.8 Å². The minimum atomic E-state index is 0.133. The van der Waals surface area contributed by atoms with Crippen LogP contribution in [0, 0.1) is 0 Å². The highest BCUT2D eigenvalue weighted by Crippen LogP contribution is 2.20. The maximum absolute atomic E-state index is 11.9. The topological polar surface area (TPSA) is 46.3 Å². The molecule has 1 aromatic carbocycles. The molecule has 0 radical (unpaired) electrons. The predicted molar refractivity (Wildman–Crippen MR) is 80.5 cm³/mol. The van der Waals surface area contributed by atoms with Crippen LogP contribution in [0.2, 0.25) is 10.0 Å². The van der Waals surface area contributed by atoms with Crippen LogP contribution in [0.15, 0.2) is 18.2 Å². The van der Waals surface area contributed by atoms with Crippen molar-refractivity contribution < 1.29 is 4.79 Å². The van der Waals surface area contributed by atoms with Gasteiger partial charge in [-0.05, 0) is 43.1 Å². The summed E-state index contributed by atoms with van der Waals surface area (Å²) in [6, 6.07) is 5.33. The molecule has 1 rings (SSSR count). The number of carbonyl (C=O) groups is 1. The van der Waals surface area contributed by atoms with Crippen molar-refractivity contribution in [1.29, 1.82) is 0 Å². The average molecular weight is 303 g/mol. The molecule has 0 bridgehead atoms. The fraction of sp³-hybridized carbons (Fsp3) is 0.500. The minimum absolute atomic E-state index is 0.133. The first-order valence-corrected chi connectivity index (χ1v) is 7.17. The molecule has 5 heteroatoms. The quantitative estimate of drug-likeness (QED) is 0.784. The third-order valence-electron chi connectivity index (χ3n) is 2.86. The Hall–Kier alpha value is -0.770. The Kier molecular flexibility index (Phi) is 7.21. The number of unbranched alkanes of at least 4 members (excludes halogenated alkanes) is 2. The summed E-state index contributed by atoms with van der Waals surface area (Å²) in [5.41, 5.74) is 6.36. The fourth-order valence-corrected chi connectivity index (χ4v) is 2.42. The first-order chi connectivity index (χ1) is 9.02. The zero-order chi connectivity index (χ0) is 14.3. The summed E-state index contributed by atoms with van der Waals surface area (Å²) in [6.45, 7) is 1.21. The number of rotatable bonds is 7. The molecule has 106 valence electrons. The van der Waals surface area contributed by atoms with Crippen LogP contribution in [0.25, 0.3) is 0 Å². The Labute approximate surface area is 124 Å². The maximum atomic E-state index is 11.9. The molecule has 0 aromatic heterocycles. The number of carbonyl (C=O) groups excluding carboxylic acids is 1. The standard InChI is InChI=1S/C14H20Cl2N2O/c1-18(14(19)5-3-2-4-6-17)10-11-7-12(15)9-13(16)8-11/h7-9H,2-6,10,17H2,1H3. The summed E-state index contributed by atoms with van der Waals surface area (Å²) >= 11 is 11.9. The Morgan fingerprint density at radius 3 is 2.37 bits per heavy atom. The predicted octanol–water partition coefficient (Wildman–Crippen LogP) is 3.47. The van der Waals surface area contributed by atoms with Gasteiger partial charge in [-0.15, -0.1) is 0 Å². The van der Waals surface area contributed by atoms with Gasteiger partial charge in [0.2, 0.25) is 5.91 Å². The van der Waals surface area contributed by atoms with Gasteiger partial charge in [0.15, 0.2) is 0 Å². The van der Waals surface area contributed by atoms with E-state index in [-0.39, 0.29) is 5.91 Å². The molecule has 0 spiro atoms. The largest absolute Gasteiger partial charge is 0.341 e. The van der Waals surface area contributed by atoms with E-state index >= 15 is 0 Å². The highest BCUT2D eigenvalue weighted by atomic mass is 35.5. The monoisotopic (exact) mass is 302 g/mol. The third kappa shape index (κ3) is 6.28. The molecule has 0 unspecified atom stereocenters. The van der Waals surface area contributed by atoms with Crippen LogP contribution < -0.4 is 5.73 Å². The second kappa shape index (κ2) is 8.41. The summed E-state index contributed by atoms with van der Waals surface area (Å²) in [5.74, 6) is 0.133. The number of nitrogens with two attached hydrogens (primary N) is 1. The van der Waals surface area contributed by atoms with Crippen molar-refractivity contribution in [2.45, 2.75) is 32.2 Å². The molecule has 0 aliphatic carbocycles. The number of hydrogen-bond acceptors (Lipinski definition) is 2. The van der Waals surface area contributed by atoms with E-state index in [1.807, 2.05) is 12.1 Å². The molecule has 0 heterocycles. The molecule has 1 amide bonds. The molecule has 0 saturated heterocycles. The lowest BCUT2D eigenvalue weighted by Crippen LogP contribution is -2.25. The van der Waals surface area contributed by atoms with Gasteiger partial charge in [0.25, 0.3) is 0 Å². The molecule has 0 fully saturated rings. The second-order valence-electron chi connectivity index (χ2n) is 4.63.